The third-order valence-electron chi connectivity index (χ3n) is 13.0. The molecule has 1 heterocycles. The lowest BCUT2D eigenvalue weighted by Crippen LogP contribution is -2.59. The molecule has 10 heteroatoms. The molecule has 1 aliphatic rings. The van der Waals surface area contributed by atoms with E-state index in [1.165, 1.54) is 199 Å². The Bertz CT molecular complexity index is 995. The van der Waals surface area contributed by atoms with Crippen molar-refractivity contribution in [2.24, 2.45) is 0 Å². The van der Waals surface area contributed by atoms with Gasteiger partial charge in [-0.05, 0) is 12.8 Å². The second kappa shape index (κ2) is 44.5. The summed E-state index contributed by atoms with van der Waals surface area (Å²) >= 11 is 0. The lowest BCUT2D eigenvalue weighted by molar-refractivity contribution is -0.305. The molecule has 10 nitrogen and oxygen atoms in total. The summed E-state index contributed by atoms with van der Waals surface area (Å²) in [6.45, 7) is 3.49. The minimum absolute atomic E-state index is 0.208. The first-order valence-electron chi connectivity index (χ1n) is 27.1. The van der Waals surface area contributed by atoms with Crippen LogP contribution in [0.4, 0.5) is 0 Å². The van der Waals surface area contributed by atoms with Crippen molar-refractivity contribution < 1.29 is 49.0 Å². The van der Waals surface area contributed by atoms with E-state index in [-0.39, 0.29) is 32.0 Å². The van der Waals surface area contributed by atoms with E-state index >= 15 is 0 Å². The van der Waals surface area contributed by atoms with E-state index in [1.807, 2.05) is 0 Å². The summed E-state index contributed by atoms with van der Waals surface area (Å²) in [6.07, 6.45) is 41.1. The maximum Gasteiger partial charge on any atom is 0.306 e. The minimum Gasteiger partial charge on any atom is -0.462 e. The van der Waals surface area contributed by atoms with E-state index in [4.69, 9.17) is 18.9 Å². The first-order chi connectivity index (χ1) is 30.8. The summed E-state index contributed by atoms with van der Waals surface area (Å²) in [5.41, 5.74) is 0. The molecular formula is C53H102O10. The zero-order valence-corrected chi connectivity index (χ0v) is 41.1. The van der Waals surface area contributed by atoms with Crippen LogP contribution in [-0.2, 0) is 28.5 Å². The highest BCUT2D eigenvalue weighted by Gasteiger charge is 2.44. The third-order valence-corrected chi connectivity index (χ3v) is 13.0. The Morgan fingerprint density at radius 3 is 1.08 bits per heavy atom. The monoisotopic (exact) mass is 899 g/mol. The van der Waals surface area contributed by atoms with Crippen molar-refractivity contribution in [1.82, 2.24) is 0 Å². The molecule has 0 bridgehead atoms. The van der Waals surface area contributed by atoms with E-state index in [9.17, 15) is 30.0 Å². The zero-order chi connectivity index (χ0) is 45.9. The molecule has 6 atom stereocenters. The van der Waals surface area contributed by atoms with Crippen LogP contribution < -0.4 is 0 Å². The van der Waals surface area contributed by atoms with Crippen molar-refractivity contribution in [3.63, 3.8) is 0 Å². The van der Waals surface area contributed by atoms with Gasteiger partial charge in [0.15, 0.2) is 12.4 Å². The molecule has 1 aliphatic heterocycles. The van der Waals surface area contributed by atoms with E-state index in [1.54, 1.807) is 0 Å². The Morgan fingerprint density at radius 1 is 0.429 bits per heavy atom. The number of ether oxygens (including phenoxy) is 4. The number of aliphatic hydroxyl groups is 4. The third kappa shape index (κ3) is 35.6. The van der Waals surface area contributed by atoms with Crippen LogP contribution in [0.25, 0.3) is 0 Å². The van der Waals surface area contributed by atoms with Gasteiger partial charge >= 0.3 is 11.9 Å². The Hall–Kier alpha value is -1.30. The Labute approximate surface area is 387 Å². The molecule has 0 aliphatic carbocycles. The highest BCUT2D eigenvalue weighted by atomic mass is 16.7. The van der Waals surface area contributed by atoms with Crippen LogP contribution in [0, 0.1) is 0 Å². The van der Waals surface area contributed by atoms with Gasteiger partial charge in [-0.2, -0.15) is 0 Å². The molecule has 0 aromatic heterocycles. The van der Waals surface area contributed by atoms with E-state index < -0.39 is 49.4 Å². The number of carbonyl (C=O) groups is 2. The fourth-order valence-corrected chi connectivity index (χ4v) is 8.72. The maximum atomic E-state index is 12.8. The van der Waals surface area contributed by atoms with Gasteiger partial charge in [0.1, 0.15) is 31.0 Å². The van der Waals surface area contributed by atoms with Crippen LogP contribution in [0.1, 0.15) is 271 Å². The molecule has 0 aromatic rings. The van der Waals surface area contributed by atoms with Crippen molar-refractivity contribution in [3.05, 3.63) is 0 Å². The lowest BCUT2D eigenvalue weighted by atomic mass is 9.99. The van der Waals surface area contributed by atoms with Crippen molar-refractivity contribution in [2.45, 2.75) is 307 Å². The molecule has 0 saturated carbocycles. The van der Waals surface area contributed by atoms with E-state index in [2.05, 4.69) is 13.8 Å². The first kappa shape index (κ1) is 59.7. The highest BCUT2D eigenvalue weighted by molar-refractivity contribution is 5.70. The number of unbranched alkanes of at least 4 members (excludes halogenated alkanes) is 36. The summed E-state index contributed by atoms with van der Waals surface area (Å²) in [5, 5.41) is 40.2. The van der Waals surface area contributed by atoms with Gasteiger partial charge in [-0.25, -0.2) is 0 Å². The molecule has 1 rings (SSSR count). The molecule has 4 N–H and O–H groups in total. The molecule has 0 aromatic carbocycles. The molecule has 63 heavy (non-hydrogen) atoms. The van der Waals surface area contributed by atoms with E-state index in [0.29, 0.717) is 6.42 Å². The van der Waals surface area contributed by atoms with Crippen LogP contribution in [0.3, 0.4) is 0 Å². The molecular weight excluding hydrogens is 797 g/mol. The fourth-order valence-electron chi connectivity index (χ4n) is 8.72. The van der Waals surface area contributed by atoms with Crippen LogP contribution in [-0.4, -0.2) is 89.0 Å². The summed E-state index contributed by atoms with van der Waals surface area (Å²) in [7, 11) is 0. The fraction of sp³-hybridized carbons (Fsp3) is 0.962. The van der Waals surface area contributed by atoms with Crippen molar-refractivity contribution in [3.8, 4) is 0 Å². The van der Waals surface area contributed by atoms with Gasteiger partial charge in [-0.1, -0.05) is 245 Å². The second-order valence-electron chi connectivity index (χ2n) is 19.1. The van der Waals surface area contributed by atoms with Gasteiger partial charge in [0.25, 0.3) is 0 Å². The topological polar surface area (TPSA) is 152 Å². The molecule has 1 fully saturated rings. The van der Waals surface area contributed by atoms with Gasteiger partial charge in [-0.15, -0.1) is 0 Å². The number of hydrogen-bond acceptors (Lipinski definition) is 10. The molecule has 0 spiro atoms. The SMILES string of the molecule is CCCCCCCCCCCCCCCCCCCCCCCC(=O)OC[C@@H](CO[C@H]1O[C@@H](CO)[C@@H](O)C(O)C1O)OC(=O)CCCCCCCCCCCCCCCCCCC. The van der Waals surface area contributed by atoms with Gasteiger partial charge in [0.2, 0.25) is 0 Å². The van der Waals surface area contributed by atoms with Gasteiger partial charge in [-0.3, -0.25) is 9.59 Å². The van der Waals surface area contributed by atoms with Crippen molar-refractivity contribution in [2.75, 3.05) is 19.8 Å². The number of carbonyl (C=O) groups excluding carboxylic acids is 2. The minimum atomic E-state index is -1.59. The van der Waals surface area contributed by atoms with E-state index in [0.717, 1.165) is 38.5 Å². The quantitative estimate of drug-likeness (QED) is 0.0343. The molecule has 374 valence electrons. The average molecular weight is 899 g/mol. The summed E-state index contributed by atoms with van der Waals surface area (Å²) in [6, 6.07) is 0. The smallest absolute Gasteiger partial charge is 0.306 e. The van der Waals surface area contributed by atoms with Crippen LogP contribution in [0.2, 0.25) is 0 Å². The lowest BCUT2D eigenvalue weighted by Gasteiger charge is -2.39. The van der Waals surface area contributed by atoms with Crippen molar-refractivity contribution in [1.29, 1.82) is 0 Å². The first-order valence-corrected chi connectivity index (χ1v) is 27.1. The van der Waals surface area contributed by atoms with Crippen LogP contribution in [0.5, 0.6) is 0 Å². The largest absolute Gasteiger partial charge is 0.462 e. The maximum absolute atomic E-state index is 12.8. The van der Waals surface area contributed by atoms with Crippen LogP contribution >= 0.6 is 0 Å². The summed E-state index contributed by atoms with van der Waals surface area (Å²) in [5.74, 6) is -0.784. The molecule has 0 radical (unpaired) electrons. The Kier molecular flexibility index (Phi) is 42.2. The predicted octanol–water partition coefficient (Wildman–Crippen LogP) is 12.9. The average Bonchev–Trinajstić information content (AvgIpc) is 3.28. The standard InChI is InChI=1S/C53H102O10/c1-3-5-7-9-11-13-15-17-19-21-22-23-24-26-27-29-31-33-35-37-39-41-48(55)60-44-46(45-61-53-52(59)51(58)50(57)47(43-54)63-53)62-49(56)42-40-38-36-34-32-30-28-25-20-18-16-14-12-10-8-6-4-2/h46-47,50-54,57-59H,3-45H2,1-2H3/t46-,47-,50+,51?,52?,53-/m0/s1. The summed E-state index contributed by atoms with van der Waals surface area (Å²) in [4.78, 5) is 25.5. The molecule has 2 unspecified atom stereocenters. The normalized spacial score (nSPS) is 19.4. The number of aliphatic hydroxyl groups excluding tert-OH is 4. The Balaban J connectivity index is 2.21. The number of hydrogen-bond donors (Lipinski definition) is 4. The van der Waals surface area contributed by atoms with Crippen LogP contribution in [0.15, 0.2) is 0 Å². The second-order valence-corrected chi connectivity index (χ2v) is 19.1. The summed E-state index contributed by atoms with van der Waals surface area (Å²) < 4.78 is 22.3. The Morgan fingerprint density at radius 2 is 0.746 bits per heavy atom. The predicted molar refractivity (Wildman–Crippen MR) is 257 cm³/mol. The van der Waals surface area contributed by atoms with Crippen molar-refractivity contribution >= 4 is 11.9 Å². The highest BCUT2D eigenvalue weighted by Crippen LogP contribution is 2.23. The number of esters is 2. The zero-order valence-electron chi connectivity index (χ0n) is 41.1. The molecule has 0 amide bonds. The number of rotatable bonds is 47. The van der Waals surface area contributed by atoms with Gasteiger partial charge in [0.05, 0.1) is 13.2 Å². The van der Waals surface area contributed by atoms with Gasteiger partial charge in [0, 0.05) is 12.8 Å². The van der Waals surface area contributed by atoms with Gasteiger partial charge < -0.3 is 39.4 Å². The molecule has 1 saturated heterocycles.